The molecule has 4 nitrogen and oxygen atoms in total. The molecular formula is C12H14N2O2. The minimum absolute atomic E-state index is 0.123. The van der Waals surface area contributed by atoms with Gasteiger partial charge in [-0.05, 0) is 52.2 Å². The first-order valence-electron chi connectivity index (χ1n) is 5.48. The Morgan fingerprint density at radius 2 is 1.69 bits per heavy atom. The van der Waals surface area contributed by atoms with Crippen LogP contribution >= 0.6 is 0 Å². The summed E-state index contributed by atoms with van der Waals surface area (Å²) in [6.45, 7) is 4.40. The molecule has 2 rings (SSSR count). The van der Waals surface area contributed by atoms with Crippen molar-refractivity contribution >= 4 is 11.4 Å². The predicted molar refractivity (Wildman–Crippen MR) is 63.0 cm³/mol. The molecule has 0 N–H and O–H groups in total. The van der Waals surface area contributed by atoms with E-state index in [-0.39, 0.29) is 11.4 Å². The summed E-state index contributed by atoms with van der Waals surface area (Å²) in [5.74, 6) is 1.73. The zero-order valence-corrected chi connectivity index (χ0v) is 9.38. The number of benzene rings is 1. The van der Waals surface area contributed by atoms with Gasteiger partial charge in [-0.3, -0.25) is 0 Å². The lowest BCUT2D eigenvalue weighted by Crippen LogP contribution is -2.30. The van der Waals surface area contributed by atoms with Crippen LogP contribution in [-0.4, -0.2) is 0 Å². The number of nitrogens with zero attached hydrogens (tertiary/aromatic N) is 2. The van der Waals surface area contributed by atoms with Crippen molar-refractivity contribution in [2.24, 2.45) is 22.2 Å². The van der Waals surface area contributed by atoms with E-state index in [1.807, 2.05) is 6.07 Å². The minimum Gasteiger partial charge on any atom is -0.145 e. The van der Waals surface area contributed by atoms with E-state index in [0.717, 1.165) is 5.56 Å². The zero-order valence-electron chi connectivity index (χ0n) is 9.38. The average Bonchev–Trinajstić information content (AvgIpc) is 2.28. The summed E-state index contributed by atoms with van der Waals surface area (Å²) in [5.41, 5.74) is 1.37. The van der Waals surface area contributed by atoms with Crippen LogP contribution in [0.1, 0.15) is 31.7 Å². The topological polar surface area (TPSA) is 58.9 Å². The molecule has 2 atom stereocenters. The van der Waals surface area contributed by atoms with Crippen molar-refractivity contribution in [3.8, 4) is 0 Å². The molecule has 4 heteroatoms. The largest absolute Gasteiger partial charge is 0.145 e. The van der Waals surface area contributed by atoms with Gasteiger partial charge >= 0.3 is 0 Å². The Labute approximate surface area is 94.0 Å². The van der Waals surface area contributed by atoms with E-state index in [1.165, 1.54) is 6.42 Å². The molecule has 16 heavy (non-hydrogen) atoms. The van der Waals surface area contributed by atoms with Crippen molar-refractivity contribution in [2.45, 2.75) is 26.2 Å². The molecule has 0 radical (unpaired) electrons. The molecule has 0 heterocycles. The first-order chi connectivity index (χ1) is 7.67. The maximum atomic E-state index is 10.6. The third kappa shape index (κ3) is 1.64. The third-order valence-corrected chi connectivity index (χ3v) is 3.55. The second-order valence-electron chi connectivity index (χ2n) is 4.65. The number of rotatable bonds is 3. The minimum atomic E-state index is 0.123. The quantitative estimate of drug-likeness (QED) is 0.712. The van der Waals surface area contributed by atoms with Gasteiger partial charge in [-0.2, -0.15) is 0 Å². The average molecular weight is 218 g/mol. The van der Waals surface area contributed by atoms with Crippen LogP contribution in [0.3, 0.4) is 0 Å². The SMILES string of the molecule is CC1CC(C)C1c1ccc(N=O)c(N=O)c1. The summed E-state index contributed by atoms with van der Waals surface area (Å²) >= 11 is 0. The second kappa shape index (κ2) is 4.12. The summed E-state index contributed by atoms with van der Waals surface area (Å²) in [7, 11) is 0. The summed E-state index contributed by atoms with van der Waals surface area (Å²) in [6, 6.07) is 5.15. The molecule has 1 aromatic carbocycles. The van der Waals surface area contributed by atoms with E-state index >= 15 is 0 Å². The van der Waals surface area contributed by atoms with Crippen LogP contribution in [0, 0.1) is 21.6 Å². The molecular weight excluding hydrogens is 204 g/mol. The van der Waals surface area contributed by atoms with Gasteiger partial charge in [0.2, 0.25) is 0 Å². The molecule has 0 spiro atoms. The smallest absolute Gasteiger partial charge is 0.137 e. The highest BCUT2D eigenvalue weighted by Crippen LogP contribution is 2.48. The molecule has 1 aromatic rings. The van der Waals surface area contributed by atoms with Crippen LogP contribution < -0.4 is 0 Å². The molecule has 0 aromatic heterocycles. The van der Waals surface area contributed by atoms with Crippen LogP contribution in [0.2, 0.25) is 0 Å². The molecule has 84 valence electrons. The lowest BCUT2D eigenvalue weighted by Gasteiger charge is -2.41. The van der Waals surface area contributed by atoms with Gasteiger partial charge in [-0.15, -0.1) is 9.81 Å². The lowest BCUT2D eigenvalue weighted by atomic mass is 9.63. The Morgan fingerprint density at radius 1 is 1.06 bits per heavy atom. The fourth-order valence-electron chi connectivity index (χ4n) is 2.80. The second-order valence-corrected chi connectivity index (χ2v) is 4.65. The Bertz CT molecular complexity index is 423. The number of hydrogen-bond acceptors (Lipinski definition) is 4. The highest BCUT2D eigenvalue weighted by molar-refractivity contribution is 5.63. The predicted octanol–water partition coefficient (Wildman–Crippen LogP) is 4.24. The third-order valence-electron chi connectivity index (χ3n) is 3.55. The van der Waals surface area contributed by atoms with Gasteiger partial charge in [0.1, 0.15) is 11.4 Å². The standard InChI is InChI=1S/C12H14N2O2/c1-7-5-8(2)12(7)9-3-4-10(13-15)11(6-9)14-16/h3-4,6-8,12H,5H2,1-2H3. The van der Waals surface area contributed by atoms with E-state index in [1.54, 1.807) is 12.1 Å². The van der Waals surface area contributed by atoms with Gasteiger partial charge in [0, 0.05) is 0 Å². The first-order valence-corrected chi connectivity index (χ1v) is 5.48. The van der Waals surface area contributed by atoms with E-state index in [0.29, 0.717) is 17.8 Å². The maximum Gasteiger partial charge on any atom is 0.137 e. The molecule has 2 unspecified atom stereocenters. The summed E-state index contributed by atoms with van der Waals surface area (Å²) in [6.07, 6.45) is 1.21. The van der Waals surface area contributed by atoms with Crippen molar-refractivity contribution in [1.82, 2.24) is 0 Å². The van der Waals surface area contributed by atoms with Crippen LogP contribution in [-0.2, 0) is 0 Å². The number of hydrogen-bond donors (Lipinski definition) is 0. The molecule has 0 aliphatic heterocycles. The van der Waals surface area contributed by atoms with E-state index in [2.05, 4.69) is 24.2 Å². The van der Waals surface area contributed by atoms with E-state index < -0.39 is 0 Å². The van der Waals surface area contributed by atoms with Gasteiger partial charge in [0.15, 0.2) is 0 Å². The Morgan fingerprint density at radius 3 is 2.19 bits per heavy atom. The van der Waals surface area contributed by atoms with Crippen LogP contribution in [0.25, 0.3) is 0 Å². The van der Waals surface area contributed by atoms with Crippen molar-refractivity contribution in [2.75, 3.05) is 0 Å². The van der Waals surface area contributed by atoms with Gasteiger partial charge in [0.25, 0.3) is 0 Å². The van der Waals surface area contributed by atoms with Gasteiger partial charge in [0.05, 0.1) is 0 Å². The zero-order chi connectivity index (χ0) is 11.7. The summed E-state index contributed by atoms with van der Waals surface area (Å²) in [5, 5.41) is 5.63. The van der Waals surface area contributed by atoms with Crippen molar-refractivity contribution in [3.63, 3.8) is 0 Å². The van der Waals surface area contributed by atoms with Gasteiger partial charge < -0.3 is 0 Å². The maximum absolute atomic E-state index is 10.6. The van der Waals surface area contributed by atoms with Gasteiger partial charge in [-0.25, -0.2) is 0 Å². The van der Waals surface area contributed by atoms with Crippen LogP contribution in [0.5, 0.6) is 0 Å². The van der Waals surface area contributed by atoms with Crippen LogP contribution in [0.4, 0.5) is 11.4 Å². The van der Waals surface area contributed by atoms with Crippen molar-refractivity contribution in [1.29, 1.82) is 0 Å². The number of nitroso groups, excluding NO2 is 2. The highest BCUT2D eigenvalue weighted by atomic mass is 16.3. The highest BCUT2D eigenvalue weighted by Gasteiger charge is 2.35. The normalized spacial score (nSPS) is 28.2. The molecule has 0 bridgehead atoms. The van der Waals surface area contributed by atoms with E-state index in [4.69, 9.17) is 0 Å². The first kappa shape index (κ1) is 10.9. The molecule has 1 saturated carbocycles. The fraction of sp³-hybridized carbons (Fsp3) is 0.500. The van der Waals surface area contributed by atoms with Crippen molar-refractivity contribution in [3.05, 3.63) is 33.6 Å². The van der Waals surface area contributed by atoms with Gasteiger partial charge in [-0.1, -0.05) is 19.9 Å². The fourth-order valence-corrected chi connectivity index (χ4v) is 2.80. The molecule has 1 fully saturated rings. The van der Waals surface area contributed by atoms with Crippen LogP contribution in [0.15, 0.2) is 28.6 Å². The Hall–Kier alpha value is -1.58. The molecule has 0 amide bonds. The lowest BCUT2D eigenvalue weighted by molar-refractivity contribution is 0.176. The van der Waals surface area contributed by atoms with E-state index in [9.17, 15) is 9.81 Å². The molecule has 0 saturated heterocycles. The summed E-state index contributed by atoms with van der Waals surface area (Å²) < 4.78 is 0. The summed E-state index contributed by atoms with van der Waals surface area (Å²) in [4.78, 5) is 21.0. The molecule has 1 aliphatic carbocycles. The monoisotopic (exact) mass is 218 g/mol. The Balaban J connectivity index is 2.36. The Kier molecular flexibility index (Phi) is 2.81. The molecule has 1 aliphatic rings. The van der Waals surface area contributed by atoms with Crippen molar-refractivity contribution < 1.29 is 0 Å².